The van der Waals surface area contributed by atoms with Crippen LogP contribution in [0.25, 0.3) is 11.5 Å². The maximum absolute atomic E-state index is 8.90. The van der Waals surface area contributed by atoms with Crippen LogP contribution in [0.4, 0.5) is 0 Å². The Hall–Kier alpha value is -2.19. The van der Waals surface area contributed by atoms with E-state index in [4.69, 9.17) is 14.5 Å². The highest BCUT2D eigenvalue weighted by Crippen LogP contribution is 2.27. The van der Waals surface area contributed by atoms with Crippen molar-refractivity contribution in [1.82, 2.24) is 10.1 Å². The van der Waals surface area contributed by atoms with Gasteiger partial charge in [-0.1, -0.05) is 19.0 Å². The molecule has 1 heterocycles. The molecule has 110 valence electrons. The number of hydrogen-bond donors (Lipinski definition) is 0. The third kappa shape index (κ3) is 3.29. The molecule has 0 N–H and O–H groups in total. The Morgan fingerprint density at radius 3 is 2.71 bits per heavy atom. The second-order valence-corrected chi connectivity index (χ2v) is 5.22. The van der Waals surface area contributed by atoms with Crippen molar-refractivity contribution in [3.8, 4) is 17.5 Å². The summed E-state index contributed by atoms with van der Waals surface area (Å²) >= 11 is 0. The summed E-state index contributed by atoms with van der Waals surface area (Å²) in [5.41, 5.74) is 2.39. The summed E-state index contributed by atoms with van der Waals surface area (Å²) in [5.74, 6) is 1.28. The Bertz CT molecular complexity index is 656. The number of aryl methyl sites for hydroxylation is 1. The summed E-state index contributed by atoms with van der Waals surface area (Å²) in [4.78, 5) is 4.45. The molecule has 0 aliphatic carbocycles. The predicted octanol–water partition coefficient (Wildman–Crippen LogP) is 3.65. The lowest BCUT2D eigenvalue weighted by Crippen LogP contribution is -2.12. The van der Waals surface area contributed by atoms with Gasteiger partial charge in [-0.25, -0.2) is 0 Å². The van der Waals surface area contributed by atoms with Gasteiger partial charge in [-0.15, -0.1) is 0 Å². The molecule has 1 aromatic carbocycles. The van der Waals surface area contributed by atoms with E-state index < -0.39 is 0 Å². The van der Waals surface area contributed by atoms with Gasteiger partial charge in [0.15, 0.2) is 0 Å². The lowest BCUT2D eigenvalue weighted by Gasteiger charge is -2.16. The molecule has 0 aliphatic rings. The maximum atomic E-state index is 8.90. The summed E-state index contributed by atoms with van der Waals surface area (Å²) in [6.07, 6.45) is -0.175. The van der Waals surface area contributed by atoms with Gasteiger partial charge in [0.1, 0.15) is 6.10 Å². The Balaban J connectivity index is 2.33. The van der Waals surface area contributed by atoms with Crippen molar-refractivity contribution >= 4 is 0 Å². The molecule has 2 aromatic rings. The standard InChI is InChI=1S/C16H19N3O2/c1-5-20-14(10(2)3)15-18-16(21-19-15)13-7-6-12(9-17)8-11(13)4/h6-8,10,14H,5H2,1-4H3. The van der Waals surface area contributed by atoms with Crippen LogP contribution in [0.5, 0.6) is 0 Å². The van der Waals surface area contributed by atoms with Crippen molar-refractivity contribution < 1.29 is 9.26 Å². The van der Waals surface area contributed by atoms with Crippen LogP contribution >= 0.6 is 0 Å². The SMILES string of the molecule is CCOC(c1noc(-c2ccc(C#N)cc2C)n1)C(C)C. The van der Waals surface area contributed by atoms with Crippen molar-refractivity contribution in [2.75, 3.05) is 6.61 Å². The summed E-state index contributed by atoms with van der Waals surface area (Å²) in [6, 6.07) is 7.50. The van der Waals surface area contributed by atoms with Gasteiger partial charge in [-0.2, -0.15) is 10.2 Å². The molecule has 0 aliphatic heterocycles. The highest BCUT2D eigenvalue weighted by atomic mass is 16.5. The van der Waals surface area contributed by atoms with Crippen molar-refractivity contribution in [3.05, 3.63) is 35.2 Å². The molecule has 2 rings (SSSR count). The third-order valence-corrected chi connectivity index (χ3v) is 3.23. The average Bonchev–Trinajstić information content (AvgIpc) is 2.93. The summed E-state index contributed by atoms with van der Waals surface area (Å²) in [6.45, 7) is 8.58. The minimum Gasteiger partial charge on any atom is -0.370 e. The van der Waals surface area contributed by atoms with E-state index in [0.29, 0.717) is 23.9 Å². The molecule has 1 aromatic heterocycles. The first-order valence-electron chi connectivity index (χ1n) is 7.03. The molecule has 21 heavy (non-hydrogen) atoms. The number of nitriles is 1. The molecule has 0 spiro atoms. The van der Waals surface area contributed by atoms with E-state index in [1.807, 2.05) is 26.0 Å². The first-order chi connectivity index (χ1) is 10.1. The Kier molecular flexibility index (Phi) is 4.71. The second kappa shape index (κ2) is 6.51. The fourth-order valence-corrected chi connectivity index (χ4v) is 2.18. The normalized spacial score (nSPS) is 12.4. The molecule has 5 heteroatoms. The molecule has 5 nitrogen and oxygen atoms in total. The largest absolute Gasteiger partial charge is 0.370 e. The molecule has 0 saturated carbocycles. The van der Waals surface area contributed by atoms with Gasteiger partial charge in [0.05, 0.1) is 11.6 Å². The monoisotopic (exact) mass is 285 g/mol. The van der Waals surface area contributed by atoms with Gasteiger partial charge in [0, 0.05) is 12.2 Å². The van der Waals surface area contributed by atoms with E-state index in [-0.39, 0.29) is 12.0 Å². The Morgan fingerprint density at radius 1 is 1.38 bits per heavy atom. The first kappa shape index (κ1) is 15.2. The summed E-state index contributed by atoms with van der Waals surface area (Å²) in [7, 11) is 0. The Morgan fingerprint density at radius 2 is 2.14 bits per heavy atom. The number of nitrogens with zero attached hydrogens (tertiary/aromatic N) is 3. The molecule has 0 bridgehead atoms. The fraction of sp³-hybridized carbons (Fsp3) is 0.438. The minimum absolute atomic E-state index is 0.175. The van der Waals surface area contributed by atoms with Crippen LogP contribution in [-0.4, -0.2) is 16.7 Å². The highest BCUT2D eigenvalue weighted by Gasteiger charge is 2.23. The van der Waals surface area contributed by atoms with E-state index in [1.165, 1.54) is 0 Å². The number of hydrogen-bond acceptors (Lipinski definition) is 5. The number of benzene rings is 1. The van der Waals surface area contributed by atoms with Crippen LogP contribution in [-0.2, 0) is 4.74 Å². The highest BCUT2D eigenvalue weighted by molar-refractivity contribution is 5.60. The van der Waals surface area contributed by atoms with Crippen LogP contribution in [0.15, 0.2) is 22.7 Å². The topological polar surface area (TPSA) is 71.9 Å². The van der Waals surface area contributed by atoms with Crippen LogP contribution < -0.4 is 0 Å². The van der Waals surface area contributed by atoms with Crippen LogP contribution in [0.2, 0.25) is 0 Å². The summed E-state index contributed by atoms with van der Waals surface area (Å²) in [5, 5.41) is 12.9. The predicted molar refractivity (Wildman–Crippen MR) is 78.4 cm³/mol. The minimum atomic E-state index is -0.175. The van der Waals surface area contributed by atoms with Gasteiger partial charge < -0.3 is 9.26 Å². The van der Waals surface area contributed by atoms with Crippen molar-refractivity contribution in [1.29, 1.82) is 5.26 Å². The van der Waals surface area contributed by atoms with Crippen molar-refractivity contribution in [2.24, 2.45) is 5.92 Å². The van der Waals surface area contributed by atoms with Crippen LogP contribution in [0.3, 0.4) is 0 Å². The quantitative estimate of drug-likeness (QED) is 0.838. The van der Waals surface area contributed by atoms with Gasteiger partial charge in [-0.3, -0.25) is 0 Å². The molecule has 0 saturated heterocycles. The number of ether oxygens (including phenoxy) is 1. The number of aromatic nitrogens is 2. The smallest absolute Gasteiger partial charge is 0.258 e. The Labute approximate surface area is 124 Å². The molecule has 0 fully saturated rings. The third-order valence-electron chi connectivity index (χ3n) is 3.23. The van der Waals surface area contributed by atoms with Gasteiger partial charge in [-0.05, 0) is 43.5 Å². The zero-order valence-electron chi connectivity index (χ0n) is 12.8. The second-order valence-electron chi connectivity index (χ2n) is 5.22. The molecule has 1 atom stereocenters. The molecular weight excluding hydrogens is 266 g/mol. The fourth-order valence-electron chi connectivity index (χ4n) is 2.18. The van der Waals surface area contributed by atoms with Gasteiger partial charge in [0.2, 0.25) is 5.82 Å². The zero-order chi connectivity index (χ0) is 15.4. The van der Waals surface area contributed by atoms with Crippen molar-refractivity contribution in [3.63, 3.8) is 0 Å². The van der Waals surface area contributed by atoms with Gasteiger partial charge in [0.25, 0.3) is 5.89 Å². The first-order valence-corrected chi connectivity index (χ1v) is 7.03. The van der Waals surface area contributed by atoms with E-state index >= 15 is 0 Å². The van der Waals surface area contributed by atoms with E-state index in [2.05, 4.69) is 30.1 Å². The molecule has 0 amide bonds. The summed E-state index contributed by atoms with van der Waals surface area (Å²) < 4.78 is 11.0. The maximum Gasteiger partial charge on any atom is 0.258 e. The van der Waals surface area contributed by atoms with Crippen LogP contribution in [0.1, 0.15) is 43.8 Å². The van der Waals surface area contributed by atoms with E-state index in [1.54, 1.807) is 6.07 Å². The van der Waals surface area contributed by atoms with Crippen molar-refractivity contribution in [2.45, 2.75) is 33.8 Å². The lowest BCUT2D eigenvalue weighted by molar-refractivity contribution is 0.0217. The van der Waals surface area contributed by atoms with E-state index in [0.717, 1.165) is 11.1 Å². The molecular formula is C16H19N3O2. The lowest BCUT2D eigenvalue weighted by atomic mass is 10.1. The zero-order valence-corrected chi connectivity index (χ0v) is 12.8. The molecule has 1 unspecified atom stereocenters. The molecule has 0 radical (unpaired) electrons. The van der Waals surface area contributed by atoms with Gasteiger partial charge >= 0.3 is 0 Å². The van der Waals surface area contributed by atoms with E-state index in [9.17, 15) is 0 Å². The average molecular weight is 285 g/mol. The van der Waals surface area contributed by atoms with Crippen LogP contribution in [0, 0.1) is 24.2 Å². The number of rotatable bonds is 5.